The molecule has 34 heavy (non-hydrogen) atoms. The molecule has 0 radical (unpaired) electrons. The van der Waals surface area contributed by atoms with Crippen LogP contribution >= 0.6 is 11.3 Å². The average Bonchev–Trinajstić information content (AvgIpc) is 3.50. The number of aromatic carboxylic acids is 1. The summed E-state index contributed by atoms with van der Waals surface area (Å²) in [5.74, 6) is -1.13. The number of nitrogens with zero attached hydrogens (tertiary/aromatic N) is 3. The Hall–Kier alpha value is -4.36. The highest BCUT2D eigenvalue weighted by molar-refractivity contribution is 7.12. The molecule has 0 saturated carbocycles. The minimum atomic E-state index is -1.08. The maximum Gasteiger partial charge on any atom is 0.355 e. The standard InChI is InChI=1S/C27H19N3O3S/c1-17-23(18-8-4-2-5-9-18)29-30(27-28-22(16-34-27)26(32)33)24(17)19-12-14-21(15-13-19)25(31)20-10-6-3-7-11-20/h2-16H,1H3,(H,32,33). The van der Waals surface area contributed by atoms with Gasteiger partial charge in [-0.15, -0.1) is 11.3 Å². The molecule has 5 rings (SSSR count). The topological polar surface area (TPSA) is 85.1 Å². The second-order valence-corrected chi connectivity index (χ2v) is 8.53. The van der Waals surface area contributed by atoms with Crippen molar-refractivity contribution >= 4 is 23.1 Å². The number of carbonyl (C=O) groups excluding carboxylic acids is 1. The van der Waals surface area contributed by atoms with Crippen LogP contribution in [0.2, 0.25) is 0 Å². The quantitative estimate of drug-likeness (QED) is 0.316. The maximum absolute atomic E-state index is 12.8. The molecule has 1 N–H and O–H groups in total. The molecule has 0 aliphatic rings. The molecule has 0 amide bonds. The predicted octanol–water partition coefficient (Wildman–Crippen LogP) is 5.90. The molecule has 0 bridgehead atoms. The van der Waals surface area contributed by atoms with E-state index in [0.717, 1.165) is 28.1 Å². The van der Waals surface area contributed by atoms with Crippen molar-refractivity contribution in [3.8, 4) is 27.6 Å². The third-order valence-corrected chi connectivity index (χ3v) is 6.33. The van der Waals surface area contributed by atoms with Crippen LogP contribution in [0.3, 0.4) is 0 Å². The molecule has 0 fully saturated rings. The van der Waals surface area contributed by atoms with E-state index in [1.165, 1.54) is 16.7 Å². The van der Waals surface area contributed by atoms with Gasteiger partial charge in [0.2, 0.25) is 5.13 Å². The molecule has 2 heterocycles. The van der Waals surface area contributed by atoms with Gasteiger partial charge in [-0.1, -0.05) is 84.9 Å². The van der Waals surface area contributed by atoms with E-state index >= 15 is 0 Å². The largest absolute Gasteiger partial charge is 0.476 e. The summed E-state index contributed by atoms with van der Waals surface area (Å²) in [6, 6.07) is 26.3. The van der Waals surface area contributed by atoms with E-state index in [-0.39, 0.29) is 11.5 Å². The van der Waals surface area contributed by atoms with Crippen LogP contribution < -0.4 is 0 Å². The first kappa shape index (κ1) is 21.5. The number of aromatic nitrogens is 3. The van der Waals surface area contributed by atoms with Crippen molar-refractivity contribution in [3.63, 3.8) is 0 Å². The Morgan fingerprint density at radius 3 is 2.06 bits per heavy atom. The zero-order valence-corrected chi connectivity index (χ0v) is 19.0. The van der Waals surface area contributed by atoms with Crippen molar-refractivity contribution in [2.45, 2.75) is 6.92 Å². The van der Waals surface area contributed by atoms with Crippen molar-refractivity contribution in [3.05, 3.63) is 113 Å². The van der Waals surface area contributed by atoms with Gasteiger partial charge in [0, 0.05) is 33.2 Å². The number of hydrogen-bond donors (Lipinski definition) is 1. The van der Waals surface area contributed by atoms with E-state index in [2.05, 4.69) is 4.98 Å². The molecular formula is C27H19N3O3S. The smallest absolute Gasteiger partial charge is 0.355 e. The average molecular weight is 466 g/mol. The lowest BCUT2D eigenvalue weighted by Crippen LogP contribution is -2.03. The van der Waals surface area contributed by atoms with Crippen LogP contribution in [0.1, 0.15) is 32.0 Å². The molecule has 6 nitrogen and oxygen atoms in total. The summed E-state index contributed by atoms with van der Waals surface area (Å²) in [5, 5.41) is 16.1. The molecule has 0 atom stereocenters. The second-order valence-electron chi connectivity index (χ2n) is 7.69. The molecule has 3 aromatic carbocycles. The first-order chi connectivity index (χ1) is 16.5. The van der Waals surface area contributed by atoms with Gasteiger partial charge < -0.3 is 5.11 Å². The highest BCUT2D eigenvalue weighted by Gasteiger charge is 2.21. The Labute approximate surface area is 199 Å². The van der Waals surface area contributed by atoms with Gasteiger partial charge in [-0.2, -0.15) is 5.10 Å². The maximum atomic E-state index is 12.8. The number of ketones is 1. The fourth-order valence-electron chi connectivity index (χ4n) is 3.84. The zero-order chi connectivity index (χ0) is 23.7. The minimum absolute atomic E-state index is 0.0239. The number of thiazole rings is 1. The van der Waals surface area contributed by atoms with Crippen LogP contribution in [0.15, 0.2) is 90.3 Å². The van der Waals surface area contributed by atoms with Crippen LogP contribution in [0.5, 0.6) is 0 Å². The van der Waals surface area contributed by atoms with Crippen LogP contribution in [0, 0.1) is 6.92 Å². The van der Waals surface area contributed by atoms with E-state index in [4.69, 9.17) is 5.10 Å². The van der Waals surface area contributed by atoms with E-state index in [9.17, 15) is 14.7 Å². The number of carboxylic acid groups (broad SMARTS) is 1. The molecule has 166 valence electrons. The Balaban J connectivity index is 1.61. The van der Waals surface area contributed by atoms with Gasteiger partial charge >= 0.3 is 5.97 Å². The number of hydrogen-bond acceptors (Lipinski definition) is 5. The predicted molar refractivity (Wildman–Crippen MR) is 132 cm³/mol. The monoisotopic (exact) mass is 465 g/mol. The van der Waals surface area contributed by atoms with Gasteiger partial charge in [-0.3, -0.25) is 4.79 Å². The lowest BCUT2D eigenvalue weighted by molar-refractivity contribution is 0.0691. The third kappa shape index (κ3) is 3.93. The van der Waals surface area contributed by atoms with Gasteiger partial charge in [0.1, 0.15) is 0 Å². The van der Waals surface area contributed by atoms with Crippen molar-refractivity contribution in [1.82, 2.24) is 14.8 Å². The van der Waals surface area contributed by atoms with Gasteiger partial charge in [-0.05, 0) is 6.92 Å². The van der Waals surface area contributed by atoms with E-state index < -0.39 is 5.97 Å². The molecule has 2 aromatic heterocycles. The Morgan fingerprint density at radius 1 is 0.824 bits per heavy atom. The molecule has 7 heteroatoms. The van der Waals surface area contributed by atoms with E-state index in [1.54, 1.807) is 28.9 Å². The van der Waals surface area contributed by atoms with Gasteiger partial charge in [-0.25, -0.2) is 14.5 Å². The van der Waals surface area contributed by atoms with Crippen LogP contribution in [0.4, 0.5) is 0 Å². The number of carboxylic acids is 1. The summed E-state index contributed by atoms with van der Waals surface area (Å²) in [6.45, 7) is 1.98. The third-order valence-electron chi connectivity index (χ3n) is 5.52. The summed E-state index contributed by atoms with van der Waals surface area (Å²) in [6.07, 6.45) is 0. The summed E-state index contributed by atoms with van der Waals surface area (Å²) in [7, 11) is 0. The van der Waals surface area contributed by atoms with Gasteiger partial charge in [0.05, 0.1) is 11.4 Å². The zero-order valence-electron chi connectivity index (χ0n) is 18.2. The second kappa shape index (κ2) is 8.88. The summed E-state index contributed by atoms with van der Waals surface area (Å²) >= 11 is 1.22. The lowest BCUT2D eigenvalue weighted by Gasteiger charge is -2.07. The highest BCUT2D eigenvalue weighted by atomic mass is 32.1. The van der Waals surface area contributed by atoms with Crippen molar-refractivity contribution in [2.24, 2.45) is 0 Å². The highest BCUT2D eigenvalue weighted by Crippen LogP contribution is 2.34. The lowest BCUT2D eigenvalue weighted by atomic mass is 9.99. The first-order valence-electron chi connectivity index (χ1n) is 10.6. The number of benzene rings is 3. The summed E-state index contributed by atoms with van der Waals surface area (Å²) in [4.78, 5) is 28.5. The SMILES string of the molecule is Cc1c(-c2ccccc2)nn(-c2nc(C(=O)O)cs2)c1-c1ccc(C(=O)c2ccccc2)cc1. The molecule has 0 aliphatic carbocycles. The number of carbonyl (C=O) groups is 2. The fraction of sp³-hybridized carbons (Fsp3) is 0.0370. The molecule has 0 unspecified atom stereocenters. The molecule has 0 saturated heterocycles. The Kier molecular flexibility index (Phi) is 5.61. The summed E-state index contributed by atoms with van der Waals surface area (Å²) in [5.41, 5.74) is 5.51. The van der Waals surface area contributed by atoms with Crippen LogP contribution in [-0.2, 0) is 0 Å². The van der Waals surface area contributed by atoms with E-state index in [1.807, 2.05) is 67.6 Å². The fourth-order valence-corrected chi connectivity index (χ4v) is 4.59. The van der Waals surface area contributed by atoms with Gasteiger partial charge in [0.15, 0.2) is 11.5 Å². The normalized spacial score (nSPS) is 10.9. The van der Waals surface area contributed by atoms with E-state index in [0.29, 0.717) is 16.3 Å². The Morgan fingerprint density at radius 2 is 1.44 bits per heavy atom. The van der Waals surface area contributed by atoms with Gasteiger partial charge in [0.25, 0.3) is 0 Å². The van der Waals surface area contributed by atoms with Crippen molar-refractivity contribution in [2.75, 3.05) is 0 Å². The van der Waals surface area contributed by atoms with Crippen molar-refractivity contribution < 1.29 is 14.7 Å². The summed E-state index contributed by atoms with van der Waals surface area (Å²) < 4.78 is 1.68. The first-order valence-corrected chi connectivity index (χ1v) is 11.5. The minimum Gasteiger partial charge on any atom is -0.476 e. The molecular weight excluding hydrogens is 446 g/mol. The van der Waals surface area contributed by atoms with Crippen LogP contribution in [-0.4, -0.2) is 31.6 Å². The molecule has 0 aliphatic heterocycles. The molecule has 0 spiro atoms. The Bertz CT molecular complexity index is 1490. The number of rotatable bonds is 6. The van der Waals surface area contributed by atoms with Crippen molar-refractivity contribution in [1.29, 1.82) is 0 Å². The molecule has 5 aromatic rings. The van der Waals surface area contributed by atoms with Crippen LogP contribution in [0.25, 0.3) is 27.6 Å².